The molecule has 2 aliphatic heterocycles. The normalized spacial score (nSPS) is 47.1. The van der Waals surface area contributed by atoms with Crippen LogP contribution in [-0.2, 0) is 38.1 Å². The van der Waals surface area contributed by atoms with Gasteiger partial charge in [-0.05, 0) is 49.2 Å². The minimum absolute atomic E-state index is 0.0207. The van der Waals surface area contributed by atoms with Crippen molar-refractivity contribution >= 4 is 23.7 Å². The first-order valence-electron chi connectivity index (χ1n) is 13.6. The maximum absolute atomic E-state index is 13.5. The van der Waals surface area contributed by atoms with Crippen LogP contribution < -0.4 is 0 Å². The zero-order chi connectivity index (χ0) is 28.3. The van der Waals surface area contributed by atoms with Gasteiger partial charge in [-0.2, -0.15) is 0 Å². The third-order valence-corrected chi connectivity index (χ3v) is 11.2. The summed E-state index contributed by atoms with van der Waals surface area (Å²) in [5.74, 6) is -1.82. The summed E-state index contributed by atoms with van der Waals surface area (Å²) < 4.78 is 30.1. The Morgan fingerprint density at radius 3 is 2.10 bits per heavy atom. The fraction of sp³-hybridized carbons (Fsp3) is 0.667. The number of allylic oxidation sites excluding steroid dienone is 2. The third-order valence-electron chi connectivity index (χ3n) is 11.2. The van der Waals surface area contributed by atoms with Crippen molar-refractivity contribution in [3.05, 3.63) is 36.3 Å². The van der Waals surface area contributed by atoms with E-state index in [1.165, 1.54) is 26.4 Å². The number of carbonyl (C=O) groups excluding carboxylic acids is 4. The van der Waals surface area contributed by atoms with Crippen LogP contribution >= 0.6 is 0 Å². The number of ketones is 1. The molecule has 10 atom stereocenters. The molecule has 4 fully saturated rings. The summed E-state index contributed by atoms with van der Waals surface area (Å²) in [6.07, 6.45) is 4.39. The highest BCUT2D eigenvalue weighted by Gasteiger charge is 2.90. The first kappa shape index (κ1) is 26.3. The highest BCUT2D eigenvalue weighted by Crippen LogP contribution is 2.80. The van der Waals surface area contributed by atoms with Gasteiger partial charge in [0.15, 0.2) is 11.9 Å². The average molecular weight is 541 g/mol. The number of carbonyl (C=O) groups is 4. The van der Waals surface area contributed by atoms with E-state index in [1.807, 2.05) is 33.8 Å². The number of esters is 3. The largest absolute Gasteiger partial charge is 0.472 e. The maximum Gasteiger partial charge on any atom is 0.339 e. The molecule has 3 heterocycles. The summed E-state index contributed by atoms with van der Waals surface area (Å²) in [5.41, 5.74) is -3.71. The topological polar surface area (TPSA) is 122 Å². The standard InChI is InChI=1S/C30H36O9/c1-15(31)36-21-12-18-26(3,4)20(33)8-10-27(18,5)19-13-22(37-16(2)32)29(7)23(17-9-11-35-14-17)38-25(34)24-30(29,39-24)28(19,21)6/h8-11,14,18-19,21-24H,12-13H2,1-7H3. The van der Waals surface area contributed by atoms with Gasteiger partial charge in [-0.15, -0.1) is 0 Å². The van der Waals surface area contributed by atoms with Crippen LogP contribution in [0.1, 0.15) is 73.0 Å². The predicted molar refractivity (Wildman–Crippen MR) is 135 cm³/mol. The number of hydrogen-bond acceptors (Lipinski definition) is 9. The molecule has 0 bridgehead atoms. The average Bonchev–Trinajstić information content (AvgIpc) is 3.41. The number of epoxide rings is 1. The van der Waals surface area contributed by atoms with Gasteiger partial charge in [-0.1, -0.05) is 33.8 Å². The molecular formula is C30H36O9. The van der Waals surface area contributed by atoms with Crippen molar-refractivity contribution in [3.8, 4) is 0 Å². The van der Waals surface area contributed by atoms with E-state index in [9.17, 15) is 19.2 Å². The van der Waals surface area contributed by atoms with Crippen LogP contribution in [0.25, 0.3) is 0 Å². The first-order chi connectivity index (χ1) is 18.2. The number of furan rings is 1. The molecule has 0 N–H and O–H groups in total. The number of rotatable bonds is 3. The van der Waals surface area contributed by atoms with Crippen LogP contribution in [0.15, 0.2) is 35.2 Å². The monoisotopic (exact) mass is 540 g/mol. The molecule has 1 aromatic heterocycles. The van der Waals surface area contributed by atoms with E-state index in [0.29, 0.717) is 18.4 Å². The quantitative estimate of drug-likeness (QED) is 0.317. The lowest BCUT2D eigenvalue weighted by Gasteiger charge is -2.69. The second-order valence-corrected chi connectivity index (χ2v) is 13.2. The Labute approximate surface area is 227 Å². The molecule has 0 aromatic carbocycles. The Kier molecular flexibility index (Phi) is 5.28. The lowest BCUT2D eigenvalue weighted by atomic mass is 9.35. The van der Waals surface area contributed by atoms with Gasteiger partial charge in [0.2, 0.25) is 0 Å². The van der Waals surface area contributed by atoms with E-state index in [-0.39, 0.29) is 17.6 Å². The fourth-order valence-corrected chi connectivity index (χ4v) is 9.48. The molecule has 210 valence electrons. The van der Waals surface area contributed by atoms with Crippen molar-refractivity contribution in [2.45, 2.75) is 91.3 Å². The summed E-state index contributed by atoms with van der Waals surface area (Å²) in [4.78, 5) is 51.7. The Hall–Kier alpha value is -2.94. The van der Waals surface area contributed by atoms with E-state index in [2.05, 4.69) is 6.92 Å². The van der Waals surface area contributed by atoms with Crippen LogP contribution in [0.2, 0.25) is 0 Å². The lowest BCUT2D eigenvalue weighted by molar-refractivity contribution is -0.280. The highest BCUT2D eigenvalue weighted by atomic mass is 16.7. The van der Waals surface area contributed by atoms with Crippen molar-refractivity contribution < 1.29 is 42.5 Å². The SMILES string of the molecule is CC(=O)OC1CC2C3(C)C=CC(=O)C(C)(C)C3CC(OC(C)=O)C2(C)C23OC2C(=O)OC(c2ccoc2)C13C. The van der Waals surface area contributed by atoms with Crippen molar-refractivity contribution in [2.24, 2.45) is 33.5 Å². The van der Waals surface area contributed by atoms with Crippen LogP contribution in [0.4, 0.5) is 0 Å². The number of cyclic esters (lactones) is 1. The molecule has 10 unspecified atom stereocenters. The molecule has 0 amide bonds. The molecule has 2 saturated carbocycles. The Bertz CT molecular complexity index is 1300. The number of fused-ring (bicyclic) bond motifs is 3. The van der Waals surface area contributed by atoms with E-state index in [0.717, 1.165) is 0 Å². The minimum atomic E-state index is -1.17. The Morgan fingerprint density at radius 1 is 0.897 bits per heavy atom. The maximum atomic E-state index is 13.5. The van der Waals surface area contributed by atoms with E-state index in [1.54, 1.807) is 12.1 Å². The van der Waals surface area contributed by atoms with Gasteiger partial charge in [0.25, 0.3) is 0 Å². The zero-order valence-electron chi connectivity index (χ0n) is 23.4. The highest BCUT2D eigenvalue weighted by molar-refractivity contribution is 5.96. The Balaban J connectivity index is 1.62. The second-order valence-electron chi connectivity index (χ2n) is 13.2. The summed E-state index contributed by atoms with van der Waals surface area (Å²) in [6, 6.07) is 1.73. The first-order valence-corrected chi connectivity index (χ1v) is 13.6. The van der Waals surface area contributed by atoms with Gasteiger partial charge in [0.1, 0.15) is 23.9 Å². The number of ether oxygens (including phenoxy) is 4. The summed E-state index contributed by atoms with van der Waals surface area (Å²) in [5, 5.41) is 0. The summed E-state index contributed by atoms with van der Waals surface area (Å²) >= 11 is 0. The smallest absolute Gasteiger partial charge is 0.339 e. The molecule has 9 heteroatoms. The molecule has 3 aliphatic carbocycles. The molecule has 6 rings (SSSR count). The van der Waals surface area contributed by atoms with Crippen molar-refractivity contribution in [3.63, 3.8) is 0 Å². The summed E-state index contributed by atoms with van der Waals surface area (Å²) in [7, 11) is 0. The second kappa shape index (κ2) is 7.83. The van der Waals surface area contributed by atoms with Gasteiger partial charge in [-0.25, -0.2) is 4.79 Å². The molecule has 2 saturated heterocycles. The van der Waals surface area contributed by atoms with Crippen molar-refractivity contribution in [2.75, 3.05) is 0 Å². The molecular weight excluding hydrogens is 504 g/mol. The summed E-state index contributed by atoms with van der Waals surface area (Å²) in [6.45, 7) is 12.7. The lowest BCUT2D eigenvalue weighted by Crippen LogP contribution is -2.76. The van der Waals surface area contributed by atoms with Gasteiger partial charge in [0.05, 0.1) is 17.9 Å². The molecule has 5 aliphatic rings. The predicted octanol–water partition coefficient (Wildman–Crippen LogP) is 4.10. The molecule has 39 heavy (non-hydrogen) atoms. The fourth-order valence-electron chi connectivity index (χ4n) is 9.48. The van der Waals surface area contributed by atoms with Crippen LogP contribution in [-0.4, -0.2) is 47.6 Å². The van der Waals surface area contributed by atoms with Gasteiger partial charge < -0.3 is 23.4 Å². The zero-order valence-corrected chi connectivity index (χ0v) is 23.4. The van der Waals surface area contributed by atoms with Gasteiger partial charge in [-0.3, -0.25) is 14.4 Å². The van der Waals surface area contributed by atoms with Crippen molar-refractivity contribution in [1.29, 1.82) is 0 Å². The van der Waals surface area contributed by atoms with Gasteiger partial charge >= 0.3 is 17.9 Å². The van der Waals surface area contributed by atoms with Crippen LogP contribution in [0, 0.1) is 33.5 Å². The van der Waals surface area contributed by atoms with Crippen LogP contribution in [0.3, 0.4) is 0 Å². The van der Waals surface area contributed by atoms with Crippen LogP contribution in [0.5, 0.6) is 0 Å². The van der Waals surface area contributed by atoms with Gasteiger partial charge in [0, 0.05) is 30.2 Å². The van der Waals surface area contributed by atoms with E-state index < -0.39 is 69.6 Å². The molecule has 0 radical (unpaired) electrons. The molecule has 1 aromatic rings. The van der Waals surface area contributed by atoms with E-state index >= 15 is 0 Å². The molecule has 1 spiro atoms. The van der Waals surface area contributed by atoms with Crippen molar-refractivity contribution in [1.82, 2.24) is 0 Å². The van der Waals surface area contributed by atoms with E-state index in [4.69, 9.17) is 23.4 Å². The number of hydrogen-bond donors (Lipinski definition) is 0. The third kappa shape index (κ3) is 3.00. The minimum Gasteiger partial charge on any atom is -0.472 e. The Morgan fingerprint density at radius 2 is 1.51 bits per heavy atom. The molecule has 9 nitrogen and oxygen atoms in total.